The van der Waals surface area contributed by atoms with E-state index in [-0.39, 0.29) is 17.9 Å². The van der Waals surface area contributed by atoms with Crippen molar-refractivity contribution in [1.82, 2.24) is 5.32 Å². The predicted molar refractivity (Wildman–Crippen MR) is 66.4 cm³/mol. The van der Waals surface area contributed by atoms with E-state index in [2.05, 4.69) is 24.2 Å². The first-order chi connectivity index (χ1) is 7.04. The summed E-state index contributed by atoms with van der Waals surface area (Å²) in [6.07, 6.45) is 1.15. The molecule has 15 heavy (non-hydrogen) atoms. The highest BCUT2D eigenvalue weighted by Gasteiger charge is 2.28. The molecule has 0 saturated carbocycles. The number of nitrogens with one attached hydrogen (secondary N) is 1. The Kier molecular flexibility index (Phi) is 4.64. The van der Waals surface area contributed by atoms with E-state index in [1.54, 1.807) is 0 Å². The average Bonchev–Trinajstić information content (AvgIpc) is 2.56. The molecule has 1 N–H and O–H groups in total. The van der Waals surface area contributed by atoms with Crippen molar-refractivity contribution in [2.75, 3.05) is 5.75 Å². The number of carbonyl (C=O) groups is 1. The first-order valence-electron chi connectivity index (χ1n) is 5.53. The largest absolute Gasteiger partial charge is 0.312 e. The fraction of sp³-hybridized carbons (Fsp3) is 0.818. The van der Waals surface area contributed by atoms with E-state index in [0.717, 1.165) is 18.0 Å². The van der Waals surface area contributed by atoms with Gasteiger partial charge >= 0.3 is 0 Å². The minimum Gasteiger partial charge on any atom is -0.312 e. The molecule has 1 heterocycles. The number of thioether (sulfide) groups is 1. The van der Waals surface area contributed by atoms with Crippen molar-refractivity contribution in [2.24, 2.45) is 10.9 Å². The van der Waals surface area contributed by atoms with Gasteiger partial charge in [-0.05, 0) is 12.3 Å². The first kappa shape index (κ1) is 12.6. The summed E-state index contributed by atoms with van der Waals surface area (Å²) < 4.78 is 0. The second-order valence-electron chi connectivity index (χ2n) is 4.28. The molecule has 3 nitrogen and oxygen atoms in total. The minimum absolute atomic E-state index is 0.0600. The highest BCUT2D eigenvalue weighted by Crippen LogP contribution is 2.17. The van der Waals surface area contributed by atoms with Gasteiger partial charge in [-0.2, -0.15) is 11.8 Å². The Morgan fingerprint density at radius 1 is 1.47 bits per heavy atom. The molecule has 1 rings (SSSR count). The van der Waals surface area contributed by atoms with Crippen molar-refractivity contribution in [2.45, 2.75) is 45.4 Å². The van der Waals surface area contributed by atoms with E-state index < -0.39 is 0 Å². The number of hydrogen-bond donors (Lipinski definition) is 1. The van der Waals surface area contributed by atoms with Crippen LogP contribution >= 0.6 is 11.8 Å². The molecule has 86 valence electrons. The van der Waals surface area contributed by atoms with Crippen LogP contribution in [0.5, 0.6) is 0 Å². The van der Waals surface area contributed by atoms with Crippen LogP contribution in [-0.2, 0) is 4.79 Å². The smallest absolute Gasteiger partial charge is 0.250 e. The summed E-state index contributed by atoms with van der Waals surface area (Å²) in [7, 11) is 0. The SMILES string of the molecule is CCC(C)SCC1=NC(C(C)C)C(=O)N1. The quantitative estimate of drug-likeness (QED) is 0.782. The highest BCUT2D eigenvalue weighted by atomic mass is 32.2. The van der Waals surface area contributed by atoms with Crippen LogP contribution in [0.4, 0.5) is 0 Å². The molecule has 1 aliphatic heterocycles. The highest BCUT2D eigenvalue weighted by molar-refractivity contribution is 8.00. The Hall–Kier alpha value is -0.510. The van der Waals surface area contributed by atoms with Gasteiger partial charge in [0.2, 0.25) is 5.91 Å². The zero-order valence-electron chi connectivity index (χ0n) is 9.91. The normalized spacial score (nSPS) is 22.9. The molecular formula is C11H20N2OS. The van der Waals surface area contributed by atoms with Gasteiger partial charge in [-0.15, -0.1) is 0 Å². The average molecular weight is 228 g/mol. The topological polar surface area (TPSA) is 41.5 Å². The van der Waals surface area contributed by atoms with Gasteiger partial charge in [-0.25, -0.2) is 0 Å². The number of aliphatic imine (C=N–C) groups is 1. The summed E-state index contributed by atoms with van der Waals surface area (Å²) in [5.41, 5.74) is 0. The van der Waals surface area contributed by atoms with E-state index in [1.807, 2.05) is 25.6 Å². The Labute approximate surface area is 96.1 Å². The third-order valence-electron chi connectivity index (χ3n) is 2.54. The molecule has 1 aliphatic rings. The molecule has 0 aromatic carbocycles. The molecule has 0 spiro atoms. The standard InChI is InChI=1S/C11H20N2OS/c1-5-8(4)15-6-9-12-10(7(2)3)11(14)13-9/h7-8,10H,5-6H2,1-4H3,(H,12,13,14). The number of amidine groups is 1. The predicted octanol–water partition coefficient (Wildman–Crippen LogP) is 2.07. The van der Waals surface area contributed by atoms with Gasteiger partial charge in [-0.1, -0.05) is 27.7 Å². The lowest BCUT2D eigenvalue weighted by Gasteiger charge is -2.06. The summed E-state index contributed by atoms with van der Waals surface area (Å²) in [4.78, 5) is 15.9. The fourth-order valence-corrected chi connectivity index (χ4v) is 2.16. The lowest BCUT2D eigenvalue weighted by molar-refractivity contribution is -0.120. The molecule has 4 heteroatoms. The third-order valence-corrected chi connectivity index (χ3v) is 3.88. The van der Waals surface area contributed by atoms with Gasteiger partial charge in [0.05, 0.1) is 5.75 Å². The van der Waals surface area contributed by atoms with Gasteiger partial charge in [0.25, 0.3) is 0 Å². The van der Waals surface area contributed by atoms with Crippen LogP contribution in [0.15, 0.2) is 4.99 Å². The maximum Gasteiger partial charge on any atom is 0.250 e. The van der Waals surface area contributed by atoms with E-state index in [1.165, 1.54) is 0 Å². The number of carbonyl (C=O) groups excluding carboxylic acids is 1. The zero-order chi connectivity index (χ0) is 11.4. The lowest BCUT2D eigenvalue weighted by Crippen LogP contribution is -2.32. The van der Waals surface area contributed by atoms with Crippen LogP contribution in [0, 0.1) is 5.92 Å². The molecule has 0 aliphatic carbocycles. The van der Waals surface area contributed by atoms with Gasteiger partial charge < -0.3 is 5.32 Å². The molecule has 0 saturated heterocycles. The summed E-state index contributed by atoms with van der Waals surface area (Å²) in [5, 5.41) is 3.48. The molecule has 0 aromatic rings. The Bertz CT molecular complexity index is 263. The van der Waals surface area contributed by atoms with Crippen molar-refractivity contribution in [3.63, 3.8) is 0 Å². The fourth-order valence-electron chi connectivity index (χ4n) is 1.34. The minimum atomic E-state index is -0.169. The monoisotopic (exact) mass is 228 g/mol. The molecule has 0 bridgehead atoms. The second-order valence-corrected chi connectivity index (χ2v) is 5.71. The summed E-state index contributed by atoms with van der Waals surface area (Å²) >= 11 is 1.84. The van der Waals surface area contributed by atoms with E-state index in [9.17, 15) is 4.79 Å². The van der Waals surface area contributed by atoms with Gasteiger partial charge in [0, 0.05) is 5.25 Å². The number of rotatable bonds is 5. The van der Waals surface area contributed by atoms with Crippen LogP contribution in [0.3, 0.4) is 0 Å². The molecule has 2 unspecified atom stereocenters. The Morgan fingerprint density at radius 2 is 2.13 bits per heavy atom. The van der Waals surface area contributed by atoms with Crippen LogP contribution in [0.2, 0.25) is 0 Å². The third kappa shape index (κ3) is 3.52. The van der Waals surface area contributed by atoms with Crippen molar-refractivity contribution >= 4 is 23.5 Å². The maximum atomic E-state index is 11.5. The number of nitrogens with zero attached hydrogens (tertiary/aromatic N) is 1. The molecule has 0 aromatic heterocycles. The van der Waals surface area contributed by atoms with E-state index in [0.29, 0.717) is 5.25 Å². The molecule has 0 fully saturated rings. The van der Waals surface area contributed by atoms with Crippen molar-refractivity contribution < 1.29 is 4.79 Å². The lowest BCUT2D eigenvalue weighted by atomic mass is 10.1. The molecule has 2 atom stereocenters. The zero-order valence-corrected chi connectivity index (χ0v) is 10.7. The molecular weight excluding hydrogens is 208 g/mol. The maximum absolute atomic E-state index is 11.5. The van der Waals surface area contributed by atoms with Gasteiger partial charge in [-0.3, -0.25) is 9.79 Å². The molecule has 0 radical (unpaired) electrons. The van der Waals surface area contributed by atoms with Crippen LogP contribution in [0.1, 0.15) is 34.1 Å². The van der Waals surface area contributed by atoms with Gasteiger partial charge in [0.15, 0.2) is 0 Å². The molecule has 1 amide bonds. The van der Waals surface area contributed by atoms with Crippen molar-refractivity contribution in [3.05, 3.63) is 0 Å². The number of hydrogen-bond acceptors (Lipinski definition) is 3. The summed E-state index contributed by atoms with van der Waals surface area (Å²) in [6, 6.07) is -0.169. The van der Waals surface area contributed by atoms with E-state index in [4.69, 9.17) is 0 Å². The Morgan fingerprint density at radius 3 is 2.60 bits per heavy atom. The van der Waals surface area contributed by atoms with Crippen molar-refractivity contribution in [3.8, 4) is 0 Å². The van der Waals surface area contributed by atoms with Crippen molar-refractivity contribution in [1.29, 1.82) is 0 Å². The summed E-state index contributed by atoms with van der Waals surface area (Å²) in [5.74, 6) is 2.02. The number of amides is 1. The van der Waals surface area contributed by atoms with E-state index >= 15 is 0 Å². The van der Waals surface area contributed by atoms with Crippen LogP contribution < -0.4 is 5.32 Å². The summed E-state index contributed by atoms with van der Waals surface area (Å²) in [6.45, 7) is 8.42. The van der Waals surface area contributed by atoms with Crippen LogP contribution in [0.25, 0.3) is 0 Å². The van der Waals surface area contributed by atoms with Gasteiger partial charge in [0.1, 0.15) is 11.9 Å². The first-order valence-corrected chi connectivity index (χ1v) is 6.58. The Balaban J connectivity index is 2.44. The second kappa shape index (κ2) is 5.54. The van der Waals surface area contributed by atoms with Crippen LogP contribution in [-0.4, -0.2) is 28.8 Å².